The number of hydrogen-bond acceptors (Lipinski definition) is 9. The van der Waals surface area contributed by atoms with Crippen LogP contribution in [0.25, 0.3) is 32.1 Å². The molecule has 2 aromatic carbocycles. The molecule has 3 saturated heterocycles. The molecule has 16 heteroatoms. The summed E-state index contributed by atoms with van der Waals surface area (Å²) in [5.74, 6) is -2.27. The van der Waals surface area contributed by atoms with Crippen LogP contribution in [0.5, 0.6) is 6.01 Å². The molecule has 3 fully saturated rings. The van der Waals surface area contributed by atoms with Crippen molar-refractivity contribution in [1.82, 2.24) is 19.8 Å². The molecular weight excluding hydrogens is 672 g/mol. The predicted molar refractivity (Wildman–Crippen MR) is 174 cm³/mol. The molecule has 2 N–H and O–H groups in total. The van der Waals surface area contributed by atoms with Crippen molar-refractivity contribution in [2.75, 3.05) is 57.0 Å². The van der Waals surface area contributed by atoms with E-state index in [4.69, 9.17) is 10.5 Å². The number of fused-ring (bicyclic) bond motifs is 3. The zero-order valence-corrected chi connectivity index (χ0v) is 27.5. The number of nitrogen functional groups attached to an aromatic ring is 1. The fraction of sp³-hybridized carbons (Fsp3) is 0.455. The molecule has 0 radical (unpaired) electrons. The monoisotopic (exact) mass is 705 g/mol. The van der Waals surface area contributed by atoms with Crippen molar-refractivity contribution in [2.45, 2.75) is 51.0 Å². The van der Waals surface area contributed by atoms with Gasteiger partial charge in [-0.05, 0) is 49.9 Å². The average Bonchev–Trinajstić information content (AvgIpc) is 3.67. The van der Waals surface area contributed by atoms with E-state index in [1.54, 1.807) is 15.9 Å². The number of hydrogen-bond donors (Lipinski definition) is 1. The lowest BCUT2D eigenvalue weighted by Crippen LogP contribution is -2.34. The van der Waals surface area contributed by atoms with E-state index in [2.05, 4.69) is 14.9 Å². The number of amides is 1. The van der Waals surface area contributed by atoms with E-state index in [-0.39, 0.29) is 55.9 Å². The maximum absolute atomic E-state index is 16.4. The number of halogens is 6. The summed E-state index contributed by atoms with van der Waals surface area (Å²) in [4.78, 5) is 25.7. The third kappa shape index (κ3) is 6.53. The fourth-order valence-electron chi connectivity index (χ4n) is 6.99. The smallest absolute Gasteiger partial charge is 0.417 e. The lowest BCUT2D eigenvalue weighted by Gasteiger charge is -2.25. The van der Waals surface area contributed by atoms with E-state index in [1.165, 1.54) is 26.9 Å². The molecule has 1 amide bonds. The van der Waals surface area contributed by atoms with Crippen molar-refractivity contribution < 1.29 is 35.9 Å². The summed E-state index contributed by atoms with van der Waals surface area (Å²) in [5.41, 5.74) is 2.57. The van der Waals surface area contributed by atoms with Gasteiger partial charge in [0.15, 0.2) is 5.82 Å². The molecule has 0 saturated carbocycles. The second kappa shape index (κ2) is 13.5. The van der Waals surface area contributed by atoms with Gasteiger partial charge in [-0.3, -0.25) is 9.69 Å². The van der Waals surface area contributed by atoms with Gasteiger partial charge in [0.05, 0.1) is 22.9 Å². The largest absolute Gasteiger partial charge is 0.467 e. The maximum Gasteiger partial charge on any atom is 0.417 e. The first kappa shape index (κ1) is 34.5. The van der Waals surface area contributed by atoms with Gasteiger partial charge in [-0.15, -0.1) is 11.3 Å². The number of ether oxygens (including phenoxy) is 1. The summed E-state index contributed by atoms with van der Waals surface area (Å²) in [6.45, 7) is 4.59. The highest BCUT2D eigenvalue weighted by Gasteiger charge is 2.39. The number of alkyl halides is 4. The number of nitriles is 1. The van der Waals surface area contributed by atoms with E-state index in [9.17, 15) is 32.0 Å². The Balaban J connectivity index is 0.000000396. The van der Waals surface area contributed by atoms with E-state index in [0.717, 1.165) is 31.2 Å². The van der Waals surface area contributed by atoms with Gasteiger partial charge in [-0.2, -0.15) is 28.4 Å². The Morgan fingerprint density at radius 2 is 1.90 bits per heavy atom. The van der Waals surface area contributed by atoms with Crippen molar-refractivity contribution in [3.63, 3.8) is 0 Å². The summed E-state index contributed by atoms with van der Waals surface area (Å²) in [6.07, 6.45) is -1.74. The quantitative estimate of drug-likeness (QED) is 0.240. The standard InChI is InChI=1S/C26H21F5N6O2S.C7H12FN/c1-12(38)36-6-3-7-37(9-8-36)24-14-10-16(26(29,30)31)19(20(28)21(14)34-25(35-24)39-2)13-4-5-17(27)22-18(13)15(11-32)23(33)40-22;8-6-4-7-2-1-3-9(7)5-6/h4-5,10H,3,6-9,33H2,1-2H3;6-7H,1-5H2. The van der Waals surface area contributed by atoms with Crippen molar-refractivity contribution in [3.05, 3.63) is 41.0 Å². The fourth-order valence-corrected chi connectivity index (χ4v) is 7.94. The van der Waals surface area contributed by atoms with E-state index in [1.807, 2.05) is 0 Å². The number of rotatable bonds is 3. The summed E-state index contributed by atoms with van der Waals surface area (Å²) >= 11 is 0.689. The molecule has 2 aromatic heterocycles. The highest BCUT2D eigenvalue weighted by atomic mass is 32.1. The van der Waals surface area contributed by atoms with Crippen LogP contribution < -0.4 is 15.4 Å². The van der Waals surface area contributed by atoms with E-state index >= 15 is 4.39 Å². The molecule has 0 aliphatic carbocycles. The summed E-state index contributed by atoms with van der Waals surface area (Å²) < 4.78 is 92.4. The van der Waals surface area contributed by atoms with Crippen molar-refractivity contribution in [3.8, 4) is 23.2 Å². The highest BCUT2D eigenvalue weighted by molar-refractivity contribution is 7.23. The van der Waals surface area contributed by atoms with Gasteiger partial charge >= 0.3 is 12.2 Å². The number of carbonyl (C=O) groups is 1. The van der Waals surface area contributed by atoms with Crippen LogP contribution in [-0.4, -0.2) is 84.3 Å². The lowest BCUT2D eigenvalue weighted by molar-refractivity contribution is -0.137. The minimum atomic E-state index is -5.05. The summed E-state index contributed by atoms with van der Waals surface area (Å²) in [7, 11) is 1.24. The van der Waals surface area contributed by atoms with Crippen LogP contribution in [0.3, 0.4) is 0 Å². The topological polar surface area (TPSA) is 112 Å². The second-order valence-corrected chi connectivity index (χ2v) is 13.3. The number of methoxy groups -OCH3 is 1. The van der Waals surface area contributed by atoms with E-state index in [0.29, 0.717) is 50.0 Å². The van der Waals surface area contributed by atoms with Gasteiger partial charge in [0.2, 0.25) is 5.91 Å². The minimum absolute atomic E-state index is 0.0185. The Morgan fingerprint density at radius 3 is 2.57 bits per heavy atom. The summed E-state index contributed by atoms with van der Waals surface area (Å²) in [6, 6.07) is 4.78. The molecule has 7 rings (SSSR count). The molecule has 5 heterocycles. The van der Waals surface area contributed by atoms with Crippen molar-refractivity contribution in [2.24, 2.45) is 0 Å². The highest BCUT2D eigenvalue weighted by Crippen LogP contribution is 2.48. The second-order valence-electron chi connectivity index (χ2n) is 12.3. The van der Waals surface area contributed by atoms with Crippen LogP contribution in [-0.2, 0) is 11.0 Å². The van der Waals surface area contributed by atoms with Gasteiger partial charge < -0.3 is 20.3 Å². The van der Waals surface area contributed by atoms with Crippen LogP contribution in [0.1, 0.15) is 43.7 Å². The molecular formula is C33H33F6N7O2S. The molecule has 0 spiro atoms. The molecule has 2 atom stereocenters. The van der Waals surface area contributed by atoms with Crippen molar-refractivity contribution in [1.29, 1.82) is 5.26 Å². The maximum atomic E-state index is 16.4. The van der Waals surface area contributed by atoms with Crippen LogP contribution >= 0.6 is 11.3 Å². The Morgan fingerprint density at radius 1 is 1.12 bits per heavy atom. The Kier molecular flexibility index (Phi) is 9.51. The van der Waals surface area contributed by atoms with Gasteiger partial charge in [0.25, 0.3) is 0 Å². The Hall–Kier alpha value is -4.36. The third-order valence-corrected chi connectivity index (χ3v) is 10.3. The normalized spacial score (nSPS) is 19.8. The van der Waals surface area contributed by atoms with Crippen LogP contribution in [0.2, 0.25) is 0 Å². The molecule has 3 aliphatic rings. The molecule has 0 bridgehead atoms. The summed E-state index contributed by atoms with van der Waals surface area (Å²) in [5, 5.41) is 9.10. The van der Waals surface area contributed by atoms with Crippen molar-refractivity contribution >= 4 is 49.1 Å². The molecule has 3 aliphatic heterocycles. The third-order valence-electron chi connectivity index (χ3n) is 9.28. The number of carbonyl (C=O) groups excluding carboxylic acids is 1. The minimum Gasteiger partial charge on any atom is -0.467 e. The zero-order chi connectivity index (χ0) is 35.2. The Bertz CT molecular complexity index is 1950. The van der Waals surface area contributed by atoms with Gasteiger partial charge in [0, 0.05) is 62.0 Å². The number of aromatic nitrogens is 2. The first-order chi connectivity index (χ1) is 23.3. The molecule has 4 aromatic rings. The van der Waals surface area contributed by atoms with E-state index < -0.39 is 40.6 Å². The zero-order valence-electron chi connectivity index (χ0n) is 26.7. The SMILES string of the molecule is COc1nc(N2CCCN(C(C)=O)CC2)c2cc(C(F)(F)F)c(-c3ccc(F)c4sc(N)c(C#N)c34)c(F)c2n1.FC1CC2CCCN2C1. The molecule has 9 nitrogen and oxygen atoms in total. The lowest BCUT2D eigenvalue weighted by atomic mass is 9.92. The first-order valence-electron chi connectivity index (χ1n) is 15.8. The first-order valence-corrected chi connectivity index (χ1v) is 16.6. The predicted octanol–water partition coefficient (Wildman–Crippen LogP) is 6.52. The van der Waals surface area contributed by atoms with Crippen LogP contribution in [0.15, 0.2) is 18.2 Å². The van der Waals surface area contributed by atoms with Crippen LogP contribution in [0.4, 0.5) is 37.2 Å². The number of anilines is 2. The van der Waals surface area contributed by atoms with Gasteiger partial charge in [-0.25, -0.2) is 13.2 Å². The number of nitrogens with zero attached hydrogens (tertiary/aromatic N) is 6. The molecule has 49 heavy (non-hydrogen) atoms. The van der Waals surface area contributed by atoms with Gasteiger partial charge in [0.1, 0.15) is 34.4 Å². The number of benzene rings is 2. The molecule has 260 valence electrons. The number of thiophene rings is 1. The average molecular weight is 706 g/mol. The molecule has 2 unspecified atom stereocenters. The van der Waals surface area contributed by atoms with Gasteiger partial charge in [-0.1, -0.05) is 6.07 Å². The Labute approximate surface area is 281 Å². The number of nitrogens with two attached hydrogens (primary N) is 1. The van der Waals surface area contributed by atoms with Crippen LogP contribution in [0, 0.1) is 23.0 Å².